The Morgan fingerprint density at radius 1 is 1.07 bits per heavy atom. The van der Waals surface area contributed by atoms with E-state index in [-0.39, 0.29) is 0 Å². The SMILES string of the molecule is CP1(Cl)(Cl)NCC2(CCNCC2)CN1. The first-order valence-corrected chi connectivity index (χ1v) is 9.55. The summed E-state index contributed by atoms with van der Waals surface area (Å²) in [6.45, 7) is 6.00. The van der Waals surface area contributed by atoms with Gasteiger partial charge in [-0.25, -0.2) is 0 Å². The molecule has 84 valence electrons. The fraction of sp³-hybridized carbons (Fsp3) is 1.00. The van der Waals surface area contributed by atoms with Gasteiger partial charge in [0.2, 0.25) is 0 Å². The monoisotopic (exact) mass is 257 g/mol. The van der Waals surface area contributed by atoms with E-state index in [1.54, 1.807) is 0 Å². The van der Waals surface area contributed by atoms with Crippen molar-refractivity contribution in [3.05, 3.63) is 0 Å². The van der Waals surface area contributed by atoms with Gasteiger partial charge in [-0.2, -0.15) is 0 Å². The fourth-order valence-corrected chi connectivity index (χ4v) is 4.33. The number of rotatable bonds is 0. The summed E-state index contributed by atoms with van der Waals surface area (Å²) in [7, 11) is 0. The molecule has 2 rings (SSSR count). The van der Waals surface area contributed by atoms with Gasteiger partial charge in [0.05, 0.1) is 0 Å². The predicted molar refractivity (Wildman–Crippen MR) is 65.1 cm³/mol. The summed E-state index contributed by atoms with van der Waals surface area (Å²) in [5.41, 5.74) is -2.37. The number of halogens is 2. The molecule has 0 atom stereocenters. The fourth-order valence-electron chi connectivity index (χ4n) is 2.12. The zero-order chi connectivity index (χ0) is 10.3. The first kappa shape index (κ1) is 11.4. The number of piperidine rings is 1. The van der Waals surface area contributed by atoms with Crippen molar-refractivity contribution in [2.75, 3.05) is 32.8 Å². The first-order chi connectivity index (χ1) is 6.39. The van der Waals surface area contributed by atoms with E-state index in [0.717, 1.165) is 26.2 Å². The molecule has 14 heavy (non-hydrogen) atoms. The van der Waals surface area contributed by atoms with Crippen LogP contribution in [0.15, 0.2) is 0 Å². The topological polar surface area (TPSA) is 36.1 Å². The van der Waals surface area contributed by atoms with Crippen LogP contribution >= 0.6 is 28.1 Å². The Morgan fingerprint density at radius 3 is 2.07 bits per heavy atom. The van der Waals surface area contributed by atoms with E-state index in [9.17, 15) is 0 Å². The van der Waals surface area contributed by atoms with Gasteiger partial charge in [0, 0.05) is 0 Å². The molecule has 2 fully saturated rings. The summed E-state index contributed by atoms with van der Waals surface area (Å²) < 4.78 is 0. The Bertz CT molecular complexity index is 218. The van der Waals surface area contributed by atoms with Crippen molar-refractivity contribution >= 4 is 28.1 Å². The molecule has 2 aliphatic heterocycles. The summed E-state index contributed by atoms with van der Waals surface area (Å²) >= 11 is 12.6. The third-order valence-corrected chi connectivity index (χ3v) is 6.46. The second-order valence-corrected chi connectivity index (χ2v) is 13.5. The van der Waals surface area contributed by atoms with E-state index < -0.39 is 5.61 Å². The van der Waals surface area contributed by atoms with E-state index in [1.807, 2.05) is 6.66 Å². The van der Waals surface area contributed by atoms with E-state index in [1.165, 1.54) is 12.8 Å². The summed E-state index contributed by atoms with van der Waals surface area (Å²) in [5.74, 6) is 0. The predicted octanol–water partition coefficient (Wildman–Crippen LogP) is 1.87. The average molecular weight is 258 g/mol. The minimum absolute atomic E-state index is 0.367. The van der Waals surface area contributed by atoms with E-state index in [0.29, 0.717) is 5.41 Å². The molecule has 0 aliphatic carbocycles. The van der Waals surface area contributed by atoms with Crippen LogP contribution in [0, 0.1) is 5.41 Å². The van der Waals surface area contributed by atoms with Gasteiger partial charge in [-0.15, -0.1) is 0 Å². The molecular weight excluding hydrogens is 240 g/mol. The van der Waals surface area contributed by atoms with Gasteiger partial charge in [0.1, 0.15) is 0 Å². The summed E-state index contributed by atoms with van der Waals surface area (Å²) in [5, 5.41) is 10.0. The molecule has 0 saturated carbocycles. The number of hydrogen-bond acceptors (Lipinski definition) is 3. The molecular formula is C8H18Cl2N3P. The van der Waals surface area contributed by atoms with Crippen LogP contribution in [0.3, 0.4) is 0 Å². The van der Waals surface area contributed by atoms with Gasteiger partial charge in [-0.1, -0.05) is 0 Å². The molecule has 1 spiro atoms. The molecule has 0 aromatic rings. The van der Waals surface area contributed by atoms with Gasteiger partial charge in [-0.3, -0.25) is 0 Å². The minimum atomic E-state index is -2.74. The second-order valence-electron chi connectivity index (χ2n) is 4.72. The zero-order valence-corrected chi connectivity index (χ0v) is 10.9. The third kappa shape index (κ3) is 2.52. The molecule has 2 aliphatic rings. The van der Waals surface area contributed by atoms with E-state index in [2.05, 4.69) is 15.5 Å². The Balaban J connectivity index is 2.01. The molecule has 0 aromatic carbocycles. The normalized spacial score (nSPS) is 37.2. The first-order valence-electron chi connectivity index (χ1n) is 5.06. The number of hydrogen-bond donors (Lipinski definition) is 3. The molecule has 6 heteroatoms. The van der Waals surface area contributed by atoms with Gasteiger partial charge < -0.3 is 0 Å². The summed E-state index contributed by atoms with van der Waals surface area (Å²) in [6.07, 6.45) is 2.40. The van der Waals surface area contributed by atoms with Gasteiger partial charge >= 0.3 is 94.7 Å². The van der Waals surface area contributed by atoms with Crippen molar-refractivity contribution in [2.45, 2.75) is 12.8 Å². The molecule has 0 aromatic heterocycles. The van der Waals surface area contributed by atoms with Crippen molar-refractivity contribution in [3.8, 4) is 0 Å². The Labute approximate surface area is 94.9 Å². The van der Waals surface area contributed by atoms with Crippen LogP contribution in [-0.4, -0.2) is 32.8 Å². The van der Waals surface area contributed by atoms with E-state index >= 15 is 0 Å². The van der Waals surface area contributed by atoms with Crippen LogP contribution in [-0.2, 0) is 0 Å². The standard InChI is InChI=1S/C8H18Cl2N3P/c1-14(9,10)12-6-8(7-13-14)2-4-11-5-3-8/h11-13H,2-7H2,1H3. The van der Waals surface area contributed by atoms with Crippen molar-refractivity contribution in [1.29, 1.82) is 0 Å². The zero-order valence-electron chi connectivity index (χ0n) is 8.45. The van der Waals surface area contributed by atoms with Gasteiger partial charge in [-0.05, 0) is 0 Å². The van der Waals surface area contributed by atoms with Crippen molar-refractivity contribution in [2.24, 2.45) is 5.41 Å². The molecule has 0 radical (unpaired) electrons. The number of nitrogens with one attached hydrogen (secondary N) is 3. The van der Waals surface area contributed by atoms with Crippen LogP contribution < -0.4 is 15.5 Å². The molecule has 0 bridgehead atoms. The van der Waals surface area contributed by atoms with Crippen LogP contribution in [0.5, 0.6) is 0 Å². The Kier molecular flexibility index (Phi) is 2.80. The Hall–Kier alpha value is 0.890. The average Bonchev–Trinajstić information content (AvgIpc) is 2.13. The molecule has 2 heterocycles. The van der Waals surface area contributed by atoms with Crippen molar-refractivity contribution in [3.63, 3.8) is 0 Å². The molecule has 3 nitrogen and oxygen atoms in total. The summed E-state index contributed by atoms with van der Waals surface area (Å²) in [4.78, 5) is 0. The third-order valence-electron chi connectivity index (χ3n) is 3.29. The van der Waals surface area contributed by atoms with Crippen molar-refractivity contribution in [1.82, 2.24) is 15.5 Å². The molecule has 3 N–H and O–H groups in total. The van der Waals surface area contributed by atoms with Gasteiger partial charge in [0.25, 0.3) is 0 Å². The van der Waals surface area contributed by atoms with Gasteiger partial charge in [0.15, 0.2) is 0 Å². The Morgan fingerprint density at radius 2 is 1.57 bits per heavy atom. The quantitative estimate of drug-likeness (QED) is 0.580. The maximum atomic E-state index is 6.29. The van der Waals surface area contributed by atoms with Crippen LogP contribution in [0.25, 0.3) is 0 Å². The molecule has 0 unspecified atom stereocenters. The van der Waals surface area contributed by atoms with Crippen molar-refractivity contribution < 1.29 is 0 Å². The van der Waals surface area contributed by atoms with E-state index in [4.69, 9.17) is 22.5 Å². The summed E-state index contributed by atoms with van der Waals surface area (Å²) in [6, 6.07) is 0. The molecule has 2 saturated heterocycles. The molecule has 0 amide bonds. The van der Waals surface area contributed by atoms with Crippen LogP contribution in [0.2, 0.25) is 0 Å². The van der Waals surface area contributed by atoms with Crippen LogP contribution in [0.4, 0.5) is 0 Å². The van der Waals surface area contributed by atoms with Crippen LogP contribution in [0.1, 0.15) is 12.8 Å². The second kappa shape index (κ2) is 3.44. The maximum absolute atomic E-state index is 6.29.